The van der Waals surface area contributed by atoms with Gasteiger partial charge in [0.2, 0.25) is 11.9 Å². The Kier molecular flexibility index (Phi) is 4.41. The molecule has 0 aliphatic carbocycles. The molecular formula is C11H16F3N5O. The van der Waals surface area contributed by atoms with E-state index >= 15 is 0 Å². The summed E-state index contributed by atoms with van der Waals surface area (Å²) in [7, 11) is 0. The van der Waals surface area contributed by atoms with E-state index < -0.39 is 23.4 Å². The first kappa shape index (κ1) is 16.0. The number of carbonyl (C=O) groups excluding carboxylic acids is 1. The molecule has 0 radical (unpaired) electrons. The summed E-state index contributed by atoms with van der Waals surface area (Å²) in [4.78, 5) is 18.2. The Hall–Kier alpha value is -2.06. The van der Waals surface area contributed by atoms with Crippen LogP contribution in [0.3, 0.4) is 0 Å². The fourth-order valence-corrected chi connectivity index (χ4v) is 1.33. The number of anilines is 2. The standard InChI is InChI=1S/C11H16F3N5O/c1-10(2,3)19-8(20)5-16-7-4-6(11(12,13)14)17-9(15)18-7/h4H,5H2,1-3H3,(H,19,20)(H3,15,16,17,18). The monoisotopic (exact) mass is 291 g/mol. The lowest BCUT2D eigenvalue weighted by Crippen LogP contribution is -2.43. The summed E-state index contributed by atoms with van der Waals surface area (Å²) >= 11 is 0. The van der Waals surface area contributed by atoms with Gasteiger partial charge in [-0.05, 0) is 20.8 Å². The lowest BCUT2D eigenvalue weighted by atomic mass is 10.1. The molecule has 112 valence electrons. The molecule has 0 aliphatic rings. The fourth-order valence-electron chi connectivity index (χ4n) is 1.33. The van der Waals surface area contributed by atoms with Crippen LogP contribution < -0.4 is 16.4 Å². The summed E-state index contributed by atoms with van der Waals surface area (Å²) in [5, 5.41) is 5.13. The number of carbonyl (C=O) groups is 1. The highest BCUT2D eigenvalue weighted by atomic mass is 19.4. The SMILES string of the molecule is CC(C)(C)NC(=O)CNc1cc(C(F)(F)F)nc(N)n1. The van der Waals surface area contributed by atoms with Crippen molar-refractivity contribution in [2.24, 2.45) is 0 Å². The Morgan fingerprint density at radius 3 is 2.40 bits per heavy atom. The lowest BCUT2D eigenvalue weighted by Gasteiger charge is -2.20. The van der Waals surface area contributed by atoms with Gasteiger partial charge in [0.1, 0.15) is 5.82 Å². The molecule has 0 atom stereocenters. The molecule has 0 bridgehead atoms. The number of aromatic nitrogens is 2. The number of nitrogen functional groups attached to an aromatic ring is 1. The van der Waals surface area contributed by atoms with E-state index in [0.29, 0.717) is 6.07 Å². The van der Waals surface area contributed by atoms with Crippen molar-refractivity contribution in [1.29, 1.82) is 0 Å². The van der Waals surface area contributed by atoms with Crippen molar-refractivity contribution in [3.63, 3.8) is 0 Å². The largest absolute Gasteiger partial charge is 0.433 e. The van der Waals surface area contributed by atoms with E-state index in [-0.39, 0.29) is 18.3 Å². The summed E-state index contributed by atoms with van der Waals surface area (Å²) in [6.45, 7) is 5.14. The average molecular weight is 291 g/mol. The van der Waals surface area contributed by atoms with Gasteiger partial charge in [-0.1, -0.05) is 0 Å². The van der Waals surface area contributed by atoms with Crippen LogP contribution in [0.1, 0.15) is 26.5 Å². The van der Waals surface area contributed by atoms with Crippen molar-refractivity contribution in [3.05, 3.63) is 11.8 Å². The highest BCUT2D eigenvalue weighted by Crippen LogP contribution is 2.29. The molecule has 0 saturated heterocycles. The number of nitrogens with two attached hydrogens (primary N) is 1. The minimum atomic E-state index is -4.62. The van der Waals surface area contributed by atoms with Crippen molar-refractivity contribution in [2.75, 3.05) is 17.6 Å². The molecule has 9 heteroatoms. The predicted molar refractivity (Wildman–Crippen MR) is 67.8 cm³/mol. The zero-order chi connectivity index (χ0) is 15.6. The molecular weight excluding hydrogens is 275 g/mol. The zero-order valence-electron chi connectivity index (χ0n) is 11.3. The quantitative estimate of drug-likeness (QED) is 0.783. The van der Waals surface area contributed by atoms with E-state index in [1.54, 1.807) is 20.8 Å². The molecule has 1 aromatic rings. The smallest absolute Gasteiger partial charge is 0.368 e. The predicted octanol–water partition coefficient (Wildman–Crippen LogP) is 1.40. The Morgan fingerprint density at radius 1 is 1.30 bits per heavy atom. The first-order valence-electron chi connectivity index (χ1n) is 5.74. The van der Waals surface area contributed by atoms with E-state index in [4.69, 9.17) is 5.73 Å². The normalized spacial score (nSPS) is 12.1. The van der Waals surface area contributed by atoms with Gasteiger partial charge in [0.25, 0.3) is 0 Å². The summed E-state index contributed by atoms with van der Waals surface area (Å²) < 4.78 is 37.5. The third kappa shape index (κ3) is 5.29. The van der Waals surface area contributed by atoms with E-state index in [1.165, 1.54) is 0 Å². The van der Waals surface area contributed by atoms with Crippen molar-refractivity contribution >= 4 is 17.7 Å². The van der Waals surface area contributed by atoms with Crippen molar-refractivity contribution in [1.82, 2.24) is 15.3 Å². The number of rotatable bonds is 3. The minimum absolute atomic E-state index is 0.158. The van der Waals surface area contributed by atoms with Crippen LogP contribution in [-0.4, -0.2) is 28.0 Å². The maximum absolute atomic E-state index is 12.5. The van der Waals surface area contributed by atoms with Crippen LogP contribution in [0.4, 0.5) is 24.9 Å². The van der Waals surface area contributed by atoms with Gasteiger partial charge in [-0.2, -0.15) is 18.2 Å². The van der Waals surface area contributed by atoms with Crippen LogP contribution in [-0.2, 0) is 11.0 Å². The van der Waals surface area contributed by atoms with Crippen LogP contribution in [0.25, 0.3) is 0 Å². The topological polar surface area (TPSA) is 92.9 Å². The summed E-state index contributed by atoms with van der Waals surface area (Å²) in [5.74, 6) is -1.05. The molecule has 1 rings (SSSR count). The number of alkyl halides is 3. The second kappa shape index (κ2) is 5.51. The number of nitrogens with one attached hydrogen (secondary N) is 2. The van der Waals surface area contributed by atoms with E-state index in [2.05, 4.69) is 20.6 Å². The molecule has 20 heavy (non-hydrogen) atoms. The van der Waals surface area contributed by atoms with Crippen molar-refractivity contribution in [3.8, 4) is 0 Å². The third-order valence-electron chi connectivity index (χ3n) is 1.98. The number of hydrogen-bond acceptors (Lipinski definition) is 5. The highest BCUT2D eigenvalue weighted by molar-refractivity contribution is 5.81. The van der Waals surface area contributed by atoms with Gasteiger partial charge in [-0.15, -0.1) is 0 Å². The third-order valence-corrected chi connectivity index (χ3v) is 1.98. The molecule has 4 N–H and O–H groups in total. The molecule has 1 aromatic heterocycles. The van der Waals surface area contributed by atoms with E-state index in [9.17, 15) is 18.0 Å². The number of nitrogens with zero attached hydrogens (tertiary/aromatic N) is 2. The van der Waals surface area contributed by atoms with Crippen LogP contribution in [0, 0.1) is 0 Å². The molecule has 0 unspecified atom stereocenters. The number of amides is 1. The van der Waals surface area contributed by atoms with Gasteiger partial charge in [0.15, 0.2) is 5.69 Å². The van der Waals surface area contributed by atoms with Crippen LogP contribution in [0.2, 0.25) is 0 Å². The first-order chi connectivity index (χ1) is 8.97. The zero-order valence-corrected chi connectivity index (χ0v) is 11.3. The molecule has 0 spiro atoms. The molecule has 0 aromatic carbocycles. The van der Waals surface area contributed by atoms with Gasteiger partial charge in [-0.25, -0.2) is 4.98 Å². The Morgan fingerprint density at radius 2 is 1.90 bits per heavy atom. The van der Waals surface area contributed by atoms with E-state index in [0.717, 1.165) is 0 Å². The Balaban J connectivity index is 2.74. The van der Waals surface area contributed by atoms with E-state index in [1.807, 2.05) is 0 Å². The molecule has 0 aliphatic heterocycles. The van der Waals surface area contributed by atoms with Crippen LogP contribution >= 0.6 is 0 Å². The van der Waals surface area contributed by atoms with Crippen LogP contribution in [0.5, 0.6) is 0 Å². The minimum Gasteiger partial charge on any atom is -0.368 e. The number of hydrogen-bond donors (Lipinski definition) is 3. The molecule has 0 saturated carbocycles. The maximum atomic E-state index is 12.5. The lowest BCUT2D eigenvalue weighted by molar-refractivity contribution is -0.141. The summed E-state index contributed by atoms with van der Waals surface area (Å²) in [6.07, 6.45) is -4.62. The average Bonchev–Trinajstić information content (AvgIpc) is 2.22. The summed E-state index contributed by atoms with van der Waals surface area (Å²) in [5.41, 5.74) is 3.61. The van der Waals surface area contributed by atoms with Gasteiger partial charge in [0, 0.05) is 11.6 Å². The molecule has 0 fully saturated rings. The maximum Gasteiger partial charge on any atom is 0.433 e. The molecule has 1 heterocycles. The Labute approximate surface area is 114 Å². The van der Waals surface area contributed by atoms with Gasteiger partial charge < -0.3 is 16.4 Å². The molecule has 6 nitrogen and oxygen atoms in total. The first-order valence-corrected chi connectivity index (χ1v) is 5.74. The molecule has 1 amide bonds. The second-order valence-electron chi connectivity index (χ2n) is 5.15. The Bertz CT molecular complexity index is 496. The fraction of sp³-hybridized carbons (Fsp3) is 0.545. The number of halogens is 3. The van der Waals surface area contributed by atoms with Crippen molar-refractivity contribution in [2.45, 2.75) is 32.5 Å². The highest BCUT2D eigenvalue weighted by Gasteiger charge is 2.33. The summed E-state index contributed by atoms with van der Waals surface area (Å²) in [6, 6.07) is 0.695. The van der Waals surface area contributed by atoms with Crippen molar-refractivity contribution < 1.29 is 18.0 Å². The van der Waals surface area contributed by atoms with Gasteiger partial charge >= 0.3 is 6.18 Å². The van der Waals surface area contributed by atoms with Gasteiger partial charge in [0.05, 0.1) is 6.54 Å². The van der Waals surface area contributed by atoms with Crippen LogP contribution in [0.15, 0.2) is 6.07 Å². The van der Waals surface area contributed by atoms with Gasteiger partial charge in [-0.3, -0.25) is 4.79 Å². The second-order valence-corrected chi connectivity index (χ2v) is 5.15.